The van der Waals surface area contributed by atoms with Crippen molar-refractivity contribution in [3.05, 3.63) is 16.4 Å². The lowest BCUT2D eigenvalue weighted by molar-refractivity contribution is 0.0580. The van der Waals surface area contributed by atoms with E-state index >= 15 is 0 Å². The van der Waals surface area contributed by atoms with Crippen LogP contribution in [0.4, 0.5) is 0 Å². The minimum absolute atomic E-state index is 0.0284. The van der Waals surface area contributed by atoms with Gasteiger partial charge in [0.1, 0.15) is 0 Å². The molecule has 1 fully saturated rings. The van der Waals surface area contributed by atoms with Gasteiger partial charge in [0, 0.05) is 13.7 Å². The topological polar surface area (TPSA) is 65.1 Å². The Bertz CT molecular complexity index is 348. The molecule has 1 aromatic heterocycles. The Morgan fingerprint density at radius 1 is 1.75 bits per heavy atom. The van der Waals surface area contributed by atoms with Crippen molar-refractivity contribution >= 4 is 15.9 Å². The summed E-state index contributed by atoms with van der Waals surface area (Å²) in [7, 11) is 1.91. The van der Waals surface area contributed by atoms with Crippen LogP contribution in [0.15, 0.2) is 10.7 Å². The number of nitrogens with zero attached hydrogens (tertiary/aromatic N) is 2. The van der Waals surface area contributed by atoms with Crippen molar-refractivity contribution < 1.29 is 4.74 Å². The molecule has 3 atom stereocenters. The molecule has 1 aliphatic heterocycles. The van der Waals surface area contributed by atoms with Crippen LogP contribution in [0.5, 0.6) is 0 Å². The molecule has 3 N–H and O–H groups in total. The van der Waals surface area contributed by atoms with E-state index in [9.17, 15) is 0 Å². The first-order valence-corrected chi connectivity index (χ1v) is 6.19. The molecule has 0 bridgehead atoms. The van der Waals surface area contributed by atoms with Crippen molar-refractivity contribution in [2.45, 2.75) is 25.5 Å². The Morgan fingerprint density at radius 2 is 2.50 bits per heavy atom. The lowest BCUT2D eigenvalue weighted by Gasteiger charge is -2.25. The summed E-state index contributed by atoms with van der Waals surface area (Å²) in [4.78, 5) is 0. The number of hydrazine groups is 1. The Balaban J connectivity index is 2.28. The highest BCUT2D eigenvalue weighted by Crippen LogP contribution is 2.33. The zero-order valence-corrected chi connectivity index (χ0v) is 11.1. The summed E-state index contributed by atoms with van der Waals surface area (Å²) in [6, 6.07) is -0.0284. The van der Waals surface area contributed by atoms with Gasteiger partial charge in [-0.3, -0.25) is 10.5 Å². The molecule has 1 aliphatic rings. The molecule has 0 aliphatic carbocycles. The van der Waals surface area contributed by atoms with E-state index in [1.165, 1.54) is 0 Å². The van der Waals surface area contributed by atoms with Gasteiger partial charge in [0.2, 0.25) is 0 Å². The maximum Gasteiger partial charge on any atom is 0.0904 e. The highest BCUT2D eigenvalue weighted by atomic mass is 79.9. The highest BCUT2D eigenvalue weighted by Gasteiger charge is 2.35. The summed E-state index contributed by atoms with van der Waals surface area (Å²) in [5.74, 6) is 6.15. The van der Waals surface area contributed by atoms with Gasteiger partial charge in [-0.15, -0.1) is 0 Å². The van der Waals surface area contributed by atoms with Crippen molar-refractivity contribution in [3.63, 3.8) is 0 Å². The Morgan fingerprint density at radius 3 is 2.94 bits per heavy atom. The van der Waals surface area contributed by atoms with Crippen molar-refractivity contribution in [2.24, 2.45) is 18.8 Å². The molecule has 0 aromatic carbocycles. The number of ether oxygens (including phenoxy) is 1. The summed E-state index contributed by atoms with van der Waals surface area (Å²) in [5, 5.41) is 4.20. The number of nitrogens with one attached hydrogen (secondary N) is 1. The summed E-state index contributed by atoms with van der Waals surface area (Å²) < 4.78 is 8.53. The van der Waals surface area contributed by atoms with Gasteiger partial charge < -0.3 is 4.74 Å². The molecule has 0 radical (unpaired) electrons. The van der Waals surface area contributed by atoms with Crippen LogP contribution in [0.1, 0.15) is 25.1 Å². The number of hydrogen-bond donors (Lipinski definition) is 2. The third kappa shape index (κ3) is 2.02. The van der Waals surface area contributed by atoms with Crippen LogP contribution in [0.3, 0.4) is 0 Å². The van der Waals surface area contributed by atoms with Crippen LogP contribution in [-0.2, 0) is 11.8 Å². The maximum atomic E-state index is 5.75. The van der Waals surface area contributed by atoms with Gasteiger partial charge in [-0.2, -0.15) is 5.10 Å². The molecule has 0 spiro atoms. The number of nitrogens with two attached hydrogens (primary N) is 1. The molecule has 1 saturated heterocycles. The fraction of sp³-hybridized carbons (Fsp3) is 0.700. The first kappa shape index (κ1) is 12.0. The van der Waals surface area contributed by atoms with Crippen LogP contribution in [-0.4, -0.2) is 22.5 Å². The Kier molecular flexibility index (Phi) is 3.63. The average molecular weight is 289 g/mol. The van der Waals surface area contributed by atoms with Gasteiger partial charge in [0.15, 0.2) is 0 Å². The van der Waals surface area contributed by atoms with Gasteiger partial charge in [-0.25, -0.2) is 5.43 Å². The predicted molar refractivity (Wildman–Crippen MR) is 64.5 cm³/mol. The molecule has 0 saturated carbocycles. The monoisotopic (exact) mass is 288 g/mol. The molecule has 6 heteroatoms. The third-order valence-corrected chi connectivity index (χ3v) is 3.80. The normalized spacial score (nSPS) is 27.2. The number of rotatable bonds is 3. The first-order valence-electron chi connectivity index (χ1n) is 5.40. The molecular weight excluding hydrogens is 272 g/mol. The average Bonchev–Trinajstić information content (AvgIpc) is 2.80. The molecule has 2 heterocycles. The van der Waals surface area contributed by atoms with E-state index in [0.29, 0.717) is 5.92 Å². The lowest BCUT2D eigenvalue weighted by Crippen LogP contribution is -2.40. The second kappa shape index (κ2) is 4.83. The van der Waals surface area contributed by atoms with Crippen LogP contribution in [0.25, 0.3) is 0 Å². The van der Waals surface area contributed by atoms with Crippen molar-refractivity contribution in [1.82, 2.24) is 15.2 Å². The van der Waals surface area contributed by atoms with E-state index in [1.54, 1.807) is 6.20 Å². The standard InChI is InChI=1S/C10H17BrN4O/c1-6-3-4-16-10(6)8(14-12)9-7(11)5-13-15(9)2/h5-6,8,10,14H,3-4,12H2,1-2H3. The van der Waals surface area contributed by atoms with Gasteiger partial charge in [-0.1, -0.05) is 6.92 Å². The zero-order chi connectivity index (χ0) is 11.7. The van der Waals surface area contributed by atoms with Gasteiger partial charge >= 0.3 is 0 Å². The quantitative estimate of drug-likeness (QED) is 0.646. The molecule has 5 nitrogen and oxygen atoms in total. The Labute approximate surface area is 103 Å². The maximum absolute atomic E-state index is 5.75. The molecule has 1 aromatic rings. The SMILES string of the molecule is CC1CCOC1C(NN)c1c(Br)cnn1C. The minimum Gasteiger partial charge on any atom is -0.376 e. The summed E-state index contributed by atoms with van der Waals surface area (Å²) in [6.07, 6.45) is 2.97. The number of aromatic nitrogens is 2. The molecular formula is C10H17BrN4O. The van der Waals surface area contributed by atoms with Crippen LogP contribution < -0.4 is 11.3 Å². The molecule has 3 unspecified atom stereocenters. The zero-order valence-electron chi connectivity index (χ0n) is 9.48. The van der Waals surface area contributed by atoms with Crippen molar-refractivity contribution in [3.8, 4) is 0 Å². The second-order valence-corrected chi connectivity index (χ2v) is 5.10. The largest absolute Gasteiger partial charge is 0.376 e. The number of aryl methyl sites for hydroxylation is 1. The smallest absolute Gasteiger partial charge is 0.0904 e. The summed E-state index contributed by atoms with van der Waals surface area (Å²) in [5.41, 5.74) is 3.87. The van der Waals surface area contributed by atoms with E-state index < -0.39 is 0 Å². The lowest BCUT2D eigenvalue weighted by atomic mass is 9.96. The fourth-order valence-corrected chi connectivity index (χ4v) is 2.84. The molecule has 16 heavy (non-hydrogen) atoms. The van der Waals surface area contributed by atoms with E-state index in [1.807, 2.05) is 11.7 Å². The molecule has 0 amide bonds. The highest BCUT2D eigenvalue weighted by molar-refractivity contribution is 9.10. The van der Waals surface area contributed by atoms with E-state index in [-0.39, 0.29) is 12.1 Å². The fourth-order valence-electron chi connectivity index (χ4n) is 2.24. The van der Waals surface area contributed by atoms with Crippen LogP contribution >= 0.6 is 15.9 Å². The second-order valence-electron chi connectivity index (χ2n) is 4.25. The van der Waals surface area contributed by atoms with Gasteiger partial charge in [0.25, 0.3) is 0 Å². The Hall–Kier alpha value is -0.430. The van der Waals surface area contributed by atoms with E-state index in [0.717, 1.165) is 23.2 Å². The van der Waals surface area contributed by atoms with Crippen LogP contribution in [0, 0.1) is 5.92 Å². The van der Waals surface area contributed by atoms with E-state index in [2.05, 4.69) is 33.4 Å². The van der Waals surface area contributed by atoms with Crippen LogP contribution in [0.2, 0.25) is 0 Å². The summed E-state index contributed by atoms with van der Waals surface area (Å²) >= 11 is 3.49. The number of hydrogen-bond acceptors (Lipinski definition) is 4. The molecule has 90 valence electrons. The van der Waals surface area contributed by atoms with Crippen molar-refractivity contribution in [2.75, 3.05) is 6.61 Å². The van der Waals surface area contributed by atoms with Gasteiger partial charge in [0.05, 0.1) is 28.5 Å². The van der Waals surface area contributed by atoms with Gasteiger partial charge in [-0.05, 0) is 28.3 Å². The predicted octanol–water partition coefficient (Wildman–Crippen LogP) is 1.11. The minimum atomic E-state index is -0.0284. The van der Waals surface area contributed by atoms with Crippen molar-refractivity contribution in [1.29, 1.82) is 0 Å². The molecule has 2 rings (SSSR count). The number of halogens is 1. The first-order chi connectivity index (χ1) is 7.65. The third-order valence-electron chi connectivity index (χ3n) is 3.18. The summed E-state index contributed by atoms with van der Waals surface area (Å²) in [6.45, 7) is 2.99. The van der Waals surface area contributed by atoms with E-state index in [4.69, 9.17) is 10.6 Å².